The molecule has 0 saturated carbocycles. The van der Waals surface area contributed by atoms with Gasteiger partial charge in [-0.15, -0.1) is 0 Å². The Morgan fingerprint density at radius 3 is 2.70 bits per heavy atom. The maximum absolute atomic E-state index is 9.67. The molecule has 1 aliphatic heterocycles. The van der Waals surface area contributed by atoms with Crippen molar-refractivity contribution in [1.29, 1.82) is 0 Å². The van der Waals surface area contributed by atoms with Crippen molar-refractivity contribution < 1.29 is 5.11 Å². The topological polar surface area (TPSA) is 23.5 Å². The molecule has 1 rings (SSSR count). The molecule has 0 aromatic carbocycles. The number of aliphatic hydroxyl groups is 1. The van der Waals surface area contributed by atoms with Gasteiger partial charge in [0.25, 0.3) is 0 Å². The predicted molar refractivity (Wildman–Crippen MR) is 50.0 cm³/mol. The highest BCUT2D eigenvalue weighted by Gasteiger charge is 2.31. The summed E-state index contributed by atoms with van der Waals surface area (Å²) < 4.78 is 2.16. The molecule has 0 spiro atoms. The minimum Gasteiger partial charge on any atom is -0.389 e. The molecule has 1 aliphatic rings. The van der Waals surface area contributed by atoms with Gasteiger partial charge in [0.2, 0.25) is 0 Å². The molecule has 0 radical (unpaired) electrons. The molecule has 1 saturated heterocycles. The van der Waals surface area contributed by atoms with Gasteiger partial charge in [-0.25, -0.2) is 3.11 Å². The van der Waals surface area contributed by atoms with Crippen LogP contribution in [0.5, 0.6) is 0 Å². The standard InChI is InChI=1S/C7H14INO/c1-6-3-7(2,10)5-9(8)4-6/h6,10H,3-5H2,1-2H3. The van der Waals surface area contributed by atoms with Crippen LogP contribution in [-0.2, 0) is 0 Å². The Kier molecular flexibility index (Phi) is 2.58. The zero-order chi connectivity index (χ0) is 7.78. The number of rotatable bonds is 0. The van der Waals surface area contributed by atoms with E-state index in [1.54, 1.807) is 0 Å². The Morgan fingerprint density at radius 2 is 2.30 bits per heavy atom. The maximum atomic E-state index is 9.67. The lowest BCUT2D eigenvalue weighted by Crippen LogP contribution is -2.45. The Hall–Kier alpha value is 0.650. The van der Waals surface area contributed by atoms with Gasteiger partial charge >= 0.3 is 0 Å². The molecule has 0 bridgehead atoms. The smallest absolute Gasteiger partial charge is 0.0757 e. The van der Waals surface area contributed by atoms with E-state index in [0.717, 1.165) is 19.5 Å². The van der Waals surface area contributed by atoms with E-state index in [2.05, 4.69) is 32.9 Å². The predicted octanol–water partition coefficient (Wildman–Crippen LogP) is 1.43. The summed E-state index contributed by atoms with van der Waals surface area (Å²) in [6.07, 6.45) is 0.937. The number of hydrogen-bond acceptors (Lipinski definition) is 2. The van der Waals surface area contributed by atoms with Crippen molar-refractivity contribution in [3.63, 3.8) is 0 Å². The molecule has 10 heavy (non-hydrogen) atoms. The summed E-state index contributed by atoms with van der Waals surface area (Å²) in [5.41, 5.74) is -0.459. The van der Waals surface area contributed by atoms with Crippen LogP contribution in [0.15, 0.2) is 0 Å². The molecule has 0 aliphatic carbocycles. The monoisotopic (exact) mass is 255 g/mol. The van der Waals surface area contributed by atoms with E-state index in [9.17, 15) is 5.11 Å². The second-order valence-corrected chi connectivity index (χ2v) is 4.97. The molecule has 1 fully saturated rings. The molecule has 0 amide bonds. The number of hydrogen-bond donors (Lipinski definition) is 1. The van der Waals surface area contributed by atoms with Crippen LogP contribution in [0, 0.1) is 5.92 Å². The van der Waals surface area contributed by atoms with Crippen molar-refractivity contribution in [3.05, 3.63) is 0 Å². The van der Waals surface area contributed by atoms with Gasteiger partial charge in [0.15, 0.2) is 0 Å². The first-order chi connectivity index (χ1) is 4.49. The van der Waals surface area contributed by atoms with Crippen molar-refractivity contribution in [2.24, 2.45) is 5.92 Å². The molecule has 0 aromatic heterocycles. The van der Waals surface area contributed by atoms with Crippen molar-refractivity contribution in [3.8, 4) is 0 Å². The van der Waals surface area contributed by atoms with E-state index in [1.165, 1.54) is 0 Å². The van der Waals surface area contributed by atoms with Gasteiger partial charge in [0, 0.05) is 36.0 Å². The lowest BCUT2D eigenvalue weighted by Gasteiger charge is -2.36. The van der Waals surface area contributed by atoms with Gasteiger partial charge in [-0.2, -0.15) is 0 Å². The Bertz CT molecular complexity index is 115. The van der Waals surface area contributed by atoms with Crippen LogP contribution < -0.4 is 0 Å². The average molecular weight is 255 g/mol. The largest absolute Gasteiger partial charge is 0.389 e. The summed E-state index contributed by atoms with van der Waals surface area (Å²) in [6.45, 7) is 6.00. The van der Waals surface area contributed by atoms with Crippen LogP contribution in [0.25, 0.3) is 0 Å². The fraction of sp³-hybridized carbons (Fsp3) is 1.00. The van der Waals surface area contributed by atoms with E-state index in [4.69, 9.17) is 0 Å². The minimum absolute atomic E-state index is 0.459. The maximum Gasteiger partial charge on any atom is 0.0757 e. The molecule has 1 N–H and O–H groups in total. The zero-order valence-corrected chi connectivity index (χ0v) is 8.63. The summed E-state index contributed by atoms with van der Waals surface area (Å²) in [5.74, 6) is 0.626. The highest BCUT2D eigenvalue weighted by atomic mass is 127. The van der Waals surface area contributed by atoms with Gasteiger partial charge in [0.05, 0.1) is 5.60 Å². The summed E-state index contributed by atoms with van der Waals surface area (Å²) in [4.78, 5) is 0. The molecular weight excluding hydrogens is 241 g/mol. The molecule has 1 heterocycles. The second-order valence-electron chi connectivity index (χ2n) is 3.61. The number of nitrogens with zero attached hydrogens (tertiary/aromatic N) is 1. The van der Waals surface area contributed by atoms with Gasteiger partial charge in [0.1, 0.15) is 0 Å². The van der Waals surface area contributed by atoms with Crippen LogP contribution in [-0.4, -0.2) is 26.9 Å². The van der Waals surface area contributed by atoms with Crippen LogP contribution in [0.2, 0.25) is 0 Å². The molecule has 2 unspecified atom stereocenters. The third-order valence-electron chi connectivity index (χ3n) is 1.81. The van der Waals surface area contributed by atoms with E-state index < -0.39 is 5.60 Å². The molecule has 2 nitrogen and oxygen atoms in total. The van der Waals surface area contributed by atoms with Crippen LogP contribution >= 0.6 is 22.9 Å². The number of halogens is 1. The summed E-state index contributed by atoms with van der Waals surface area (Å²) in [6, 6.07) is 0. The van der Waals surface area contributed by atoms with E-state index in [0.29, 0.717) is 5.92 Å². The first-order valence-electron chi connectivity index (χ1n) is 3.63. The van der Waals surface area contributed by atoms with Crippen molar-refractivity contribution in [2.45, 2.75) is 25.9 Å². The first kappa shape index (κ1) is 8.74. The van der Waals surface area contributed by atoms with Gasteiger partial charge < -0.3 is 5.11 Å². The molecule has 60 valence electrons. The molecular formula is C7H14INO. The van der Waals surface area contributed by atoms with E-state index in [1.807, 2.05) is 6.92 Å². The van der Waals surface area contributed by atoms with Crippen LogP contribution in [0.4, 0.5) is 0 Å². The van der Waals surface area contributed by atoms with Gasteiger partial charge in [-0.3, -0.25) is 0 Å². The summed E-state index contributed by atoms with van der Waals surface area (Å²) in [7, 11) is 0. The number of β-amino-alcohol motifs (C(OH)–C–C–N with tert-alkyl or cyclic N) is 1. The highest BCUT2D eigenvalue weighted by Crippen LogP contribution is 2.26. The fourth-order valence-corrected chi connectivity index (χ4v) is 3.06. The molecule has 2 atom stereocenters. The lowest BCUT2D eigenvalue weighted by atomic mass is 9.89. The zero-order valence-electron chi connectivity index (χ0n) is 6.47. The quantitative estimate of drug-likeness (QED) is 0.523. The second kappa shape index (κ2) is 2.95. The SMILES string of the molecule is CC1CN(I)CC(C)(O)C1. The average Bonchev–Trinajstić information content (AvgIpc) is 1.54. The van der Waals surface area contributed by atoms with Crippen molar-refractivity contribution >= 4 is 22.9 Å². The first-order valence-corrected chi connectivity index (χ1v) is 4.59. The van der Waals surface area contributed by atoms with Crippen molar-refractivity contribution in [2.75, 3.05) is 13.1 Å². The lowest BCUT2D eigenvalue weighted by molar-refractivity contribution is -0.00221. The summed E-state index contributed by atoms with van der Waals surface area (Å²) >= 11 is 2.27. The fourth-order valence-electron chi connectivity index (χ4n) is 1.65. The highest BCUT2D eigenvalue weighted by molar-refractivity contribution is 14.1. The van der Waals surface area contributed by atoms with Crippen LogP contribution in [0.1, 0.15) is 20.3 Å². The minimum atomic E-state index is -0.459. The Labute approximate surface area is 76.1 Å². The number of piperidine rings is 1. The third kappa shape index (κ3) is 2.36. The normalized spacial score (nSPS) is 43.8. The van der Waals surface area contributed by atoms with Crippen LogP contribution in [0.3, 0.4) is 0 Å². The van der Waals surface area contributed by atoms with Gasteiger partial charge in [-0.05, 0) is 19.3 Å². The van der Waals surface area contributed by atoms with E-state index >= 15 is 0 Å². The molecule has 3 heteroatoms. The van der Waals surface area contributed by atoms with E-state index in [-0.39, 0.29) is 0 Å². The Morgan fingerprint density at radius 1 is 1.70 bits per heavy atom. The molecule has 0 aromatic rings. The van der Waals surface area contributed by atoms with Gasteiger partial charge in [-0.1, -0.05) is 6.92 Å². The Balaban J connectivity index is 2.51. The summed E-state index contributed by atoms with van der Waals surface area (Å²) in [5, 5.41) is 9.67. The van der Waals surface area contributed by atoms with Crippen molar-refractivity contribution in [1.82, 2.24) is 3.11 Å². The third-order valence-corrected chi connectivity index (χ3v) is 2.55.